The van der Waals surface area contributed by atoms with Crippen LogP contribution in [-0.2, 0) is 6.42 Å². The SMILES string of the molecule is Cc1cccc(-c2ccc(C3NC(C#Cc4ccccc4C4=Cc5oc6ccccc6c5CC4C)NC4=CC=CCC43)cc2)c1. The van der Waals surface area contributed by atoms with Gasteiger partial charge in [0, 0.05) is 34.2 Å². The van der Waals surface area contributed by atoms with Gasteiger partial charge in [0.1, 0.15) is 17.5 Å². The van der Waals surface area contributed by atoms with Crippen molar-refractivity contribution in [3.63, 3.8) is 0 Å². The fourth-order valence-corrected chi connectivity index (χ4v) is 7.22. The molecule has 5 aromatic rings. The van der Waals surface area contributed by atoms with Crippen molar-refractivity contribution in [2.45, 2.75) is 38.9 Å². The van der Waals surface area contributed by atoms with Crippen LogP contribution in [0.4, 0.5) is 0 Å². The molecule has 0 spiro atoms. The van der Waals surface area contributed by atoms with E-state index < -0.39 is 0 Å². The molecule has 1 saturated heterocycles. The normalized spacial score (nSPS) is 21.9. The molecular weight excluding hydrogens is 548 g/mol. The van der Waals surface area contributed by atoms with Crippen LogP contribution >= 0.6 is 0 Å². The standard InChI is InChI=1S/C42H36N2O/c1-27-10-9-12-32(24-27)29-18-20-31(21-19-29)42-35-15-5-7-16-38(35)43-41(44-42)23-22-30-11-3-4-13-33(30)36-26-40-37(25-28(36)2)34-14-6-8-17-39(34)45-40/h3-14,16-21,24,26,28,35,41-44H,15,25H2,1-2H3. The van der Waals surface area contributed by atoms with Crippen molar-refractivity contribution in [3.8, 4) is 23.0 Å². The molecule has 0 saturated carbocycles. The van der Waals surface area contributed by atoms with E-state index in [9.17, 15) is 0 Å². The Morgan fingerprint density at radius 1 is 0.867 bits per heavy atom. The van der Waals surface area contributed by atoms with Gasteiger partial charge in [-0.25, -0.2) is 0 Å². The summed E-state index contributed by atoms with van der Waals surface area (Å²) < 4.78 is 6.28. The van der Waals surface area contributed by atoms with Crippen LogP contribution in [0, 0.1) is 30.6 Å². The van der Waals surface area contributed by atoms with Gasteiger partial charge in [-0.15, -0.1) is 0 Å². The Hall–Kier alpha value is -5.04. The molecule has 1 aromatic heterocycles. The molecule has 2 N–H and O–H groups in total. The molecule has 4 unspecified atom stereocenters. The number of furan rings is 1. The van der Waals surface area contributed by atoms with Crippen LogP contribution in [0.15, 0.2) is 125 Å². The molecule has 2 heterocycles. The highest BCUT2D eigenvalue weighted by molar-refractivity contribution is 5.93. The van der Waals surface area contributed by atoms with Crippen LogP contribution in [0.3, 0.4) is 0 Å². The van der Waals surface area contributed by atoms with Gasteiger partial charge >= 0.3 is 0 Å². The Labute approximate surface area is 265 Å². The molecule has 0 radical (unpaired) electrons. The molecule has 3 aliphatic rings. The van der Waals surface area contributed by atoms with Crippen LogP contribution in [0.1, 0.15) is 53.0 Å². The first-order chi connectivity index (χ1) is 22.1. The van der Waals surface area contributed by atoms with Crippen LogP contribution < -0.4 is 10.6 Å². The van der Waals surface area contributed by atoms with E-state index in [0.717, 1.165) is 29.7 Å². The van der Waals surface area contributed by atoms with Crippen LogP contribution in [-0.4, -0.2) is 6.17 Å². The molecule has 8 rings (SSSR count). The lowest BCUT2D eigenvalue weighted by molar-refractivity contribution is 0.300. The van der Waals surface area contributed by atoms with Gasteiger partial charge in [-0.3, -0.25) is 5.32 Å². The Morgan fingerprint density at radius 2 is 1.71 bits per heavy atom. The third-order valence-corrected chi connectivity index (χ3v) is 9.53. The Kier molecular flexibility index (Phi) is 7.01. The lowest BCUT2D eigenvalue weighted by Gasteiger charge is -2.40. The van der Waals surface area contributed by atoms with Gasteiger partial charge in [0.2, 0.25) is 0 Å². The van der Waals surface area contributed by atoms with Crippen molar-refractivity contribution in [2.24, 2.45) is 11.8 Å². The summed E-state index contributed by atoms with van der Waals surface area (Å²) in [7, 11) is 0. The maximum absolute atomic E-state index is 6.28. The molecule has 4 aromatic carbocycles. The number of rotatable bonds is 3. The second kappa shape index (κ2) is 11.5. The van der Waals surface area contributed by atoms with E-state index in [1.165, 1.54) is 50.0 Å². The summed E-state index contributed by atoms with van der Waals surface area (Å²) in [6.45, 7) is 4.45. The largest absolute Gasteiger partial charge is 0.456 e. The lowest BCUT2D eigenvalue weighted by Crippen LogP contribution is -2.52. The summed E-state index contributed by atoms with van der Waals surface area (Å²) in [5.41, 5.74) is 12.1. The fraction of sp³-hybridized carbons (Fsp3) is 0.190. The molecule has 45 heavy (non-hydrogen) atoms. The minimum absolute atomic E-state index is 0.163. The van der Waals surface area contributed by atoms with Crippen molar-refractivity contribution < 1.29 is 4.42 Å². The first kappa shape index (κ1) is 27.5. The Bertz CT molecular complexity index is 2060. The number of hydrogen-bond acceptors (Lipinski definition) is 3. The van der Waals surface area contributed by atoms with Gasteiger partial charge in [0.25, 0.3) is 0 Å². The highest BCUT2D eigenvalue weighted by Gasteiger charge is 2.34. The van der Waals surface area contributed by atoms with Crippen molar-refractivity contribution in [1.82, 2.24) is 10.6 Å². The minimum atomic E-state index is -0.173. The van der Waals surface area contributed by atoms with E-state index in [-0.39, 0.29) is 12.2 Å². The summed E-state index contributed by atoms with van der Waals surface area (Å²) >= 11 is 0. The lowest BCUT2D eigenvalue weighted by atomic mass is 9.81. The first-order valence-electron chi connectivity index (χ1n) is 16.0. The maximum atomic E-state index is 6.28. The number of allylic oxidation sites excluding steroid dienone is 4. The molecule has 1 fully saturated rings. The molecule has 3 nitrogen and oxygen atoms in total. The number of para-hydroxylation sites is 1. The number of benzene rings is 4. The van der Waals surface area contributed by atoms with Gasteiger partial charge in [-0.05, 0) is 77.8 Å². The molecule has 0 amide bonds. The van der Waals surface area contributed by atoms with Gasteiger partial charge in [-0.1, -0.05) is 121 Å². The fourth-order valence-electron chi connectivity index (χ4n) is 7.22. The number of hydrogen-bond donors (Lipinski definition) is 2. The smallest absolute Gasteiger partial charge is 0.141 e. The predicted octanol–water partition coefficient (Wildman–Crippen LogP) is 9.21. The van der Waals surface area contributed by atoms with Crippen molar-refractivity contribution >= 4 is 22.6 Å². The van der Waals surface area contributed by atoms with Crippen LogP contribution in [0.5, 0.6) is 0 Å². The monoisotopic (exact) mass is 584 g/mol. The zero-order chi connectivity index (χ0) is 30.3. The third-order valence-electron chi connectivity index (χ3n) is 9.53. The molecule has 2 aliphatic carbocycles. The van der Waals surface area contributed by atoms with Crippen molar-refractivity contribution in [2.75, 3.05) is 0 Å². The van der Waals surface area contributed by atoms with Crippen molar-refractivity contribution in [3.05, 3.63) is 155 Å². The summed E-state index contributed by atoms with van der Waals surface area (Å²) in [5.74, 6) is 8.80. The highest BCUT2D eigenvalue weighted by atomic mass is 16.3. The molecule has 0 bridgehead atoms. The molecule has 1 aliphatic heterocycles. The van der Waals surface area contributed by atoms with E-state index in [0.29, 0.717) is 11.8 Å². The Balaban J connectivity index is 1.09. The predicted molar refractivity (Wildman–Crippen MR) is 185 cm³/mol. The quantitative estimate of drug-likeness (QED) is 0.208. The van der Waals surface area contributed by atoms with E-state index in [2.05, 4.69) is 152 Å². The summed E-state index contributed by atoms with van der Waals surface area (Å²) in [6.07, 6.45) is 10.7. The van der Waals surface area contributed by atoms with Gasteiger partial charge < -0.3 is 9.73 Å². The average molecular weight is 585 g/mol. The van der Waals surface area contributed by atoms with E-state index >= 15 is 0 Å². The van der Waals surface area contributed by atoms with Gasteiger partial charge in [0.15, 0.2) is 0 Å². The van der Waals surface area contributed by atoms with Crippen molar-refractivity contribution in [1.29, 1.82) is 0 Å². The van der Waals surface area contributed by atoms with Crippen LogP contribution in [0.25, 0.3) is 33.7 Å². The Morgan fingerprint density at radius 3 is 2.60 bits per heavy atom. The van der Waals surface area contributed by atoms with Crippen LogP contribution in [0.2, 0.25) is 0 Å². The number of fused-ring (bicyclic) bond motifs is 4. The second-order valence-electron chi connectivity index (χ2n) is 12.6. The summed E-state index contributed by atoms with van der Waals surface area (Å²) in [5, 5.41) is 8.78. The zero-order valence-corrected chi connectivity index (χ0v) is 25.7. The molecule has 4 atom stereocenters. The maximum Gasteiger partial charge on any atom is 0.141 e. The summed E-state index contributed by atoms with van der Waals surface area (Å²) in [4.78, 5) is 0. The van der Waals surface area contributed by atoms with E-state index in [4.69, 9.17) is 4.42 Å². The summed E-state index contributed by atoms with van der Waals surface area (Å²) in [6, 6.07) is 34.8. The van der Waals surface area contributed by atoms with Gasteiger partial charge in [0.05, 0.1) is 0 Å². The van der Waals surface area contributed by atoms with E-state index in [1.54, 1.807) is 0 Å². The number of aryl methyl sites for hydroxylation is 1. The molecule has 3 heteroatoms. The second-order valence-corrected chi connectivity index (χ2v) is 12.6. The minimum Gasteiger partial charge on any atom is -0.456 e. The first-order valence-corrected chi connectivity index (χ1v) is 16.0. The highest BCUT2D eigenvalue weighted by Crippen LogP contribution is 2.40. The average Bonchev–Trinajstić information content (AvgIpc) is 3.44. The zero-order valence-electron chi connectivity index (χ0n) is 25.7. The topological polar surface area (TPSA) is 37.2 Å². The molecule has 220 valence electrons. The third kappa shape index (κ3) is 5.22. The number of nitrogens with one attached hydrogen (secondary N) is 2. The molecular formula is C42H36N2O. The van der Waals surface area contributed by atoms with E-state index in [1.807, 2.05) is 6.07 Å². The van der Waals surface area contributed by atoms with Gasteiger partial charge in [-0.2, -0.15) is 0 Å².